The van der Waals surface area contributed by atoms with Gasteiger partial charge in [0.05, 0.1) is 17.6 Å². The molecule has 31 heavy (non-hydrogen) atoms. The molecule has 0 spiro atoms. The third-order valence-corrected chi connectivity index (χ3v) is 4.69. The van der Waals surface area contributed by atoms with E-state index in [9.17, 15) is 9.59 Å². The van der Waals surface area contributed by atoms with Gasteiger partial charge in [-0.15, -0.1) is 0 Å². The number of hydrogen-bond acceptors (Lipinski definition) is 4. The van der Waals surface area contributed by atoms with Gasteiger partial charge in [-0.1, -0.05) is 52.8 Å². The van der Waals surface area contributed by atoms with Gasteiger partial charge in [-0.25, -0.2) is 4.68 Å². The lowest BCUT2D eigenvalue weighted by Crippen LogP contribution is -2.40. The molecule has 2 amide bonds. The second-order valence-corrected chi connectivity index (χ2v) is 9.02. The SMILES string of the molecule is CC(C)CN(CC(=O)Nc1cc(C(C)(C)C)nn1-c1ccccc1)C(=O)c1ccco1. The predicted octanol–water partition coefficient (Wildman–Crippen LogP) is 4.50. The van der Waals surface area contributed by atoms with Crippen LogP contribution < -0.4 is 5.32 Å². The fraction of sp³-hybridized carbons (Fsp3) is 0.375. The van der Waals surface area contributed by atoms with Crippen molar-refractivity contribution >= 4 is 17.6 Å². The fourth-order valence-corrected chi connectivity index (χ4v) is 3.17. The summed E-state index contributed by atoms with van der Waals surface area (Å²) < 4.78 is 6.96. The molecule has 0 saturated carbocycles. The van der Waals surface area contributed by atoms with Crippen molar-refractivity contribution in [3.05, 3.63) is 66.2 Å². The predicted molar refractivity (Wildman–Crippen MR) is 120 cm³/mol. The smallest absolute Gasteiger partial charge is 0.290 e. The van der Waals surface area contributed by atoms with Crippen molar-refractivity contribution in [2.75, 3.05) is 18.4 Å². The van der Waals surface area contributed by atoms with Crippen molar-refractivity contribution in [3.8, 4) is 5.69 Å². The van der Waals surface area contributed by atoms with Gasteiger partial charge < -0.3 is 14.6 Å². The van der Waals surface area contributed by atoms with E-state index < -0.39 is 0 Å². The highest BCUT2D eigenvalue weighted by molar-refractivity contribution is 5.97. The van der Waals surface area contributed by atoms with Crippen molar-refractivity contribution < 1.29 is 14.0 Å². The number of carbonyl (C=O) groups is 2. The number of para-hydroxylation sites is 1. The van der Waals surface area contributed by atoms with Crippen LogP contribution in [0.1, 0.15) is 50.9 Å². The van der Waals surface area contributed by atoms with Crippen LogP contribution in [0, 0.1) is 5.92 Å². The number of anilines is 1. The van der Waals surface area contributed by atoms with Gasteiger partial charge in [-0.05, 0) is 30.2 Å². The molecule has 1 aromatic carbocycles. The number of benzene rings is 1. The third-order valence-electron chi connectivity index (χ3n) is 4.69. The molecule has 7 heteroatoms. The molecule has 0 aliphatic rings. The molecule has 164 valence electrons. The lowest BCUT2D eigenvalue weighted by Gasteiger charge is -2.23. The average molecular weight is 423 g/mol. The van der Waals surface area contributed by atoms with Crippen molar-refractivity contribution in [2.24, 2.45) is 5.92 Å². The topological polar surface area (TPSA) is 80.4 Å². The number of rotatable bonds is 7. The minimum Gasteiger partial charge on any atom is -0.459 e. The minimum absolute atomic E-state index is 0.0808. The number of nitrogens with zero attached hydrogens (tertiary/aromatic N) is 3. The lowest BCUT2D eigenvalue weighted by atomic mass is 9.92. The van der Waals surface area contributed by atoms with Crippen molar-refractivity contribution in [2.45, 2.75) is 40.0 Å². The normalized spacial score (nSPS) is 11.5. The summed E-state index contributed by atoms with van der Waals surface area (Å²) in [6, 6.07) is 14.8. The zero-order chi connectivity index (χ0) is 22.6. The summed E-state index contributed by atoms with van der Waals surface area (Å²) in [7, 11) is 0. The highest BCUT2D eigenvalue weighted by Gasteiger charge is 2.24. The molecule has 0 aliphatic heterocycles. The van der Waals surface area contributed by atoms with Crippen LogP contribution in [0.25, 0.3) is 5.69 Å². The van der Waals surface area contributed by atoms with Gasteiger partial charge in [0, 0.05) is 18.0 Å². The van der Waals surface area contributed by atoms with Gasteiger partial charge >= 0.3 is 0 Å². The molecule has 0 aliphatic carbocycles. The van der Waals surface area contributed by atoms with E-state index in [1.54, 1.807) is 16.8 Å². The first kappa shape index (κ1) is 22.3. The van der Waals surface area contributed by atoms with Crippen LogP contribution in [0.15, 0.2) is 59.2 Å². The second kappa shape index (κ2) is 9.20. The largest absolute Gasteiger partial charge is 0.459 e. The van der Waals surface area contributed by atoms with Gasteiger partial charge in [0.25, 0.3) is 5.91 Å². The van der Waals surface area contributed by atoms with E-state index >= 15 is 0 Å². The molecular weight excluding hydrogens is 392 g/mol. The maximum absolute atomic E-state index is 12.9. The Morgan fingerprint density at radius 1 is 1.13 bits per heavy atom. The van der Waals surface area contributed by atoms with Crippen LogP contribution in [-0.2, 0) is 10.2 Å². The second-order valence-electron chi connectivity index (χ2n) is 9.02. The van der Waals surface area contributed by atoms with E-state index in [2.05, 4.69) is 26.1 Å². The monoisotopic (exact) mass is 422 g/mol. The van der Waals surface area contributed by atoms with E-state index in [-0.39, 0.29) is 35.5 Å². The van der Waals surface area contributed by atoms with Crippen LogP contribution in [-0.4, -0.2) is 39.6 Å². The molecule has 3 aromatic rings. The molecule has 0 unspecified atom stereocenters. The van der Waals surface area contributed by atoms with Gasteiger partial charge in [-0.2, -0.15) is 5.10 Å². The Morgan fingerprint density at radius 3 is 2.42 bits per heavy atom. The van der Waals surface area contributed by atoms with E-state index in [0.29, 0.717) is 12.4 Å². The van der Waals surface area contributed by atoms with Crippen molar-refractivity contribution in [1.29, 1.82) is 0 Å². The Kier molecular flexibility index (Phi) is 6.63. The zero-order valence-corrected chi connectivity index (χ0v) is 18.8. The highest BCUT2D eigenvalue weighted by atomic mass is 16.3. The minimum atomic E-state index is -0.305. The van der Waals surface area contributed by atoms with Crippen LogP contribution in [0.5, 0.6) is 0 Å². The van der Waals surface area contributed by atoms with Crippen LogP contribution in [0.3, 0.4) is 0 Å². The Bertz CT molecular complexity index is 1020. The highest BCUT2D eigenvalue weighted by Crippen LogP contribution is 2.26. The molecule has 0 fully saturated rings. The third kappa shape index (κ3) is 5.63. The maximum Gasteiger partial charge on any atom is 0.290 e. The summed E-state index contributed by atoms with van der Waals surface area (Å²) in [5.41, 5.74) is 1.52. The number of amides is 2. The molecule has 2 heterocycles. The molecule has 0 radical (unpaired) electrons. The van der Waals surface area contributed by atoms with E-state index in [4.69, 9.17) is 9.52 Å². The molecular formula is C24H30N4O3. The van der Waals surface area contributed by atoms with Crippen LogP contribution >= 0.6 is 0 Å². The summed E-state index contributed by atoms with van der Waals surface area (Å²) in [6.07, 6.45) is 1.45. The van der Waals surface area contributed by atoms with Gasteiger partial charge in [-0.3, -0.25) is 9.59 Å². The molecule has 0 atom stereocenters. The summed E-state index contributed by atoms with van der Waals surface area (Å²) in [5, 5.41) is 7.66. The molecule has 0 bridgehead atoms. The molecule has 1 N–H and O–H groups in total. The van der Waals surface area contributed by atoms with Crippen LogP contribution in [0.2, 0.25) is 0 Å². The number of nitrogens with one attached hydrogen (secondary N) is 1. The standard InChI is InChI=1S/C24H30N4O3/c1-17(2)15-27(23(30)19-12-9-13-31-19)16-22(29)25-21-14-20(24(3,4)5)26-28(21)18-10-7-6-8-11-18/h6-14,17H,15-16H2,1-5H3,(H,25,29). The lowest BCUT2D eigenvalue weighted by molar-refractivity contribution is -0.117. The van der Waals surface area contributed by atoms with Crippen molar-refractivity contribution in [1.82, 2.24) is 14.7 Å². The number of furan rings is 1. The maximum atomic E-state index is 12.9. The van der Waals surface area contributed by atoms with Crippen molar-refractivity contribution in [3.63, 3.8) is 0 Å². The van der Waals surface area contributed by atoms with Gasteiger partial charge in [0.2, 0.25) is 5.91 Å². The summed E-state index contributed by atoms with van der Waals surface area (Å²) in [4.78, 5) is 27.2. The Labute approximate surface area is 183 Å². The summed E-state index contributed by atoms with van der Waals surface area (Å²) in [5.74, 6) is 0.391. The van der Waals surface area contributed by atoms with E-state index in [1.807, 2.05) is 50.2 Å². The Balaban J connectivity index is 1.84. The number of carbonyl (C=O) groups excluding carboxylic acids is 2. The number of aromatic nitrogens is 2. The first-order chi connectivity index (χ1) is 14.6. The van der Waals surface area contributed by atoms with Crippen LogP contribution in [0.4, 0.5) is 5.82 Å². The summed E-state index contributed by atoms with van der Waals surface area (Å²) >= 11 is 0. The quantitative estimate of drug-likeness (QED) is 0.608. The first-order valence-electron chi connectivity index (χ1n) is 10.4. The zero-order valence-electron chi connectivity index (χ0n) is 18.8. The Hall–Kier alpha value is -3.35. The molecule has 3 rings (SSSR count). The Morgan fingerprint density at radius 2 is 1.84 bits per heavy atom. The van der Waals surface area contributed by atoms with E-state index in [0.717, 1.165) is 11.4 Å². The molecule has 0 saturated heterocycles. The number of hydrogen-bond donors (Lipinski definition) is 1. The van der Waals surface area contributed by atoms with E-state index in [1.165, 1.54) is 11.2 Å². The fourth-order valence-electron chi connectivity index (χ4n) is 3.17. The average Bonchev–Trinajstić information content (AvgIpc) is 3.37. The van der Waals surface area contributed by atoms with Gasteiger partial charge in [0.15, 0.2) is 5.76 Å². The first-order valence-corrected chi connectivity index (χ1v) is 10.4. The molecule has 2 aromatic heterocycles. The molecule has 7 nitrogen and oxygen atoms in total. The van der Waals surface area contributed by atoms with Gasteiger partial charge in [0.1, 0.15) is 12.4 Å². The summed E-state index contributed by atoms with van der Waals surface area (Å²) in [6.45, 7) is 10.6.